The number of aromatic nitrogens is 3. The average molecular weight is 442 g/mol. The molecule has 1 atom stereocenters. The molecule has 3 aromatic rings. The molecule has 2 aliphatic heterocycles. The van der Waals surface area contributed by atoms with Gasteiger partial charge in [0.25, 0.3) is 5.91 Å². The van der Waals surface area contributed by atoms with Crippen molar-refractivity contribution in [3.8, 4) is 10.6 Å². The number of carbonyl (C=O) groups is 1. The second-order valence-corrected chi connectivity index (χ2v) is 8.64. The molecule has 160 valence electrons. The van der Waals surface area contributed by atoms with E-state index in [0.29, 0.717) is 53.0 Å². The molecule has 0 spiro atoms. The molecule has 0 bridgehead atoms. The first-order chi connectivity index (χ1) is 15.0. The van der Waals surface area contributed by atoms with Gasteiger partial charge in [-0.2, -0.15) is 0 Å². The van der Waals surface area contributed by atoms with Crippen molar-refractivity contribution in [3.05, 3.63) is 47.0 Å². The van der Waals surface area contributed by atoms with Crippen LogP contribution >= 0.6 is 11.3 Å². The van der Waals surface area contributed by atoms with E-state index in [1.54, 1.807) is 24.5 Å². The van der Waals surface area contributed by atoms with Crippen LogP contribution in [-0.4, -0.2) is 46.7 Å². The molecule has 1 fully saturated rings. The fourth-order valence-corrected chi connectivity index (χ4v) is 4.97. The lowest BCUT2D eigenvalue weighted by Crippen LogP contribution is -2.37. The van der Waals surface area contributed by atoms with Crippen molar-refractivity contribution in [3.63, 3.8) is 0 Å². The van der Waals surface area contributed by atoms with E-state index < -0.39 is 12.0 Å². The summed E-state index contributed by atoms with van der Waals surface area (Å²) in [5.74, 6) is -0.401. The van der Waals surface area contributed by atoms with Gasteiger partial charge in [-0.15, -0.1) is 11.3 Å². The maximum absolute atomic E-state index is 14.4. The fraction of sp³-hybridized carbons (Fsp3) is 0.333. The number of alkyl halides is 1. The number of thiazole rings is 1. The predicted molar refractivity (Wildman–Crippen MR) is 116 cm³/mol. The monoisotopic (exact) mass is 442 g/mol. The van der Waals surface area contributed by atoms with Gasteiger partial charge >= 0.3 is 0 Å². The molecule has 1 amide bonds. The Morgan fingerprint density at radius 1 is 1.19 bits per heavy atom. The summed E-state index contributed by atoms with van der Waals surface area (Å²) in [5, 5.41) is 0.627. The van der Waals surface area contributed by atoms with Crippen molar-refractivity contribution in [1.29, 1.82) is 0 Å². The molecule has 4 heterocycles. The third-order valence-electron chi connectivity index (χ3n) is 5.54. The standard InChI is InChI=1S/C21H20F2N6OS/c22-13-3-2-7-28(11-13)21-25-9-12(10-26-21)19-27-15-6-8-29(20(30)18(15)31-19)16-5-1-4-14(24)17(16)23/h1,4-5,9-10,13H,2-3,6-8,11,24H2. The highest BCUT2D eigenvalue weighted by Crippen LogP contribution is 2.34. The van der Waals surface area contributed by atoms with Gasteiger partial charge in [0.2, 0.25) is 5.95 Å². The van der Waals surface area contributed by atoms with Crippen LogP contribution in [0.25, 0.3) is 10.6 Å². The Labute approximate surface area is 181 Å². The van der Waals surface area contributed by atoms with Crippen molar-refractivity contribution in [1.82, 2.24) is 15.0 Å². The van der Waals surface area contributed by atoms with Crippen LogP contribution in [0.15, 0.2) is 30.6 Å². The molecule has 7 nitrogen and oxygen atoms in total. The SMILES string of the molecule is Nc1cccc(N2CCc3nc(-c4cnc(N5CCCC(F)C5)nc4)sc3C2=O)c1F. The normalized spacial score (nSPS) is 18.9. The zero-order chi connectivity index (χ0) is 21.5. The summed E-state index contributed by atoms with van der Waals surface area (Å²) in [6, 6.07) is 4.64. The van der Waals surface area contributed by atoms with E-state index in [9.17, 15) is 13.6 Å². The molecular weight excluding hydrogens is 422 g/mol. The highest BCUT2D eigenvalue weighted by Gasteiger charge is 2.31. The molecule has 0 saturated carbocycles. The molecule has 1 aromatic carbocycles. The number of rotatable bonds is 3. The molecule has 2 N–H and O–H groups in total. The Kier molecular flexibility index (Phi) is 5.01. The number of halogens is 2. The number of carbonyl (C=O) groups excluding carboxylic acids is 1. The number of piperidine rings is 1. The third-order valence-corrected chi connectivity index (χ3v) is 6.67. The lowest BCUT2D eigenvalue weighted by molar-refractivity contribution is 0.0983. The lowest BCUT2D eigenvalue weighted by Gasteiger charge is -2.28. The van der Waals surface area contributed by atoms with Crippen molar-refractivity contribution < 1.29 is 13.6 Å². The molecular formula is C21H20F2N6OS. The Morgan fingerprint density at radius 2 is 2.00 bits per heavy atom. The van der Waals surface area contributed by atoms with Crippen LogP contribution in [0, 0.1) is 5.82 Å². The van der Waals surface area contributed by atoms with Gasteiger partial charge in [0.1, 0.15) is 16.1 Å². The van der Waals surface area contributed by atoms with E-state index in [2.05, 4.69) is 15.0 Å². The third kappa shape index (κ3) is 3.60. The van der Waals surface area contributed by atoms with Gasteiger partial charge in [0, 0.05) is 37.5 Å². The minimum atomic E-state index is -0.860. The van der Waals surface area contributed by atoms with Gasteiger partial charge in [-0.1, -0.05) is 6.07 Å². The van der Waals surface area contributed by atoms with Gasteiger partial charge in [-0.25, -0.2) is 23.7 Å². The molecule has 10 heteroatoms. The molecule has 2 aliphatic rings. The van der Waals surface area contributed by atoms with E-state index >= 15 is 0 Å². The van der Waals surface area contributed by atoms with Crippen LogP contribution < -0.4 is 15.5 Å². The molecule has 1 saturated heterocycles. The molecule has 2 aromatic heterocycles. The molecule has 31 heavy (non-hydrogen) atoms. The predicted octanol–water partition coefficient (Wildman–Crippen LogP) is 3.46. The first-order valence-corrected chi connectivity index (χ1v) is 10.9. The van der Waals surface area contributed by atoms with E-state index in [-0.39, 0.29) is 17.3 Å². The van der Waals surface area contributed by atoms with Gasteiger partial charge in [-0.05, 0) is 25.0 Å². The Balaban J connectivity index is 1.39. The van der Waals surface area contributed by atoms with Gasteiger partial charge in [-0.3, -0.25) is 4.79 Å². The highest BCUT2D eigenvalue weighted by molar-refractivity contribution is 7.17. The quantitative estimate of drug-likeness (QED) is 0.625. The summed E-state index contributed by atoms with van der Waals surface area (Å²) in [6.07, 6.45) is 4.29. The zero-order valence-electron chi connectivity index (χ0n) is 16.6. The summed E-state index contributed by atoms with van der Waals surface area (Å²) in [7, 11) is 0. The van der Waals surface area contributed by atoms with Crippen LogP contribution in [0.3, 0.4) is 0 Å². The summed E-state index contributed by atoms with van der Waals surface area (Å²) in [5.41, 5.74) is 7.21. The zero-order valence-corrected chi connectivity index (χ0v) is 17.4. The molecule has 0 aliphatic carbocycles. The minimum absolute atomic E-state index is 0.00566. The van der Waals surface area contributed by atoms with E-state index in [1.807, 2.05) is 4.90 Å². The van der Waals surface area contributed by atoms with Crippen LogP contribution in [0.2, 0.25) is 0 Å². The molecule has 5 rings (SSSR count). The highest BCUT2D eigenvalue weighted by atomic mass is 32.1. The first kappa shape index (κ1) is 19.8. The Hall–Kier alpha value is -3.14. The number of nitrogens with zero attached hydrogens (tertiary/aromatic N) is 5. The van der Waals surface area contributed by atoms with Gasteiger partial charge in [0.15, 0.2) is 5.82 Å². The molecule has 1 unspecified atom stereocenters. The second-order valence-electron chi connectivity index (χ2n) is 7.64. The van der Waals surface area contributed by atoms with Crippen molar-refractivity contribution >= 4 is 34.6 Å². The number of anilines is 3. The number of nitrogen functional groups attached to an aromatic ring is 1. The van der Waals surface area contributed by atoms with Crippen molar-refractivity contribution in [2.45, 2.75) is 25.4 Å². The van der Waals surface area contributed by atoms with E-state index in [1.165, 1.54) is 22.3 Å². The van der Waals surface area contributed by atoms with Gasteiger partial charge < -0.3 is 15.5 Å². The summed E-state index contributed by atoms with van der Waals surface area (Å²) in [4.78, 5) is 30.1. The smallest absolute Gasteiger partial charge is 0.270 e. The fourth-order valence-electron chi connectivity index (χ4n) is 3.93. The van der Waals surface area contributed by atoms with Crippen LogP contribution in [-0.2, 0) is 6.42 Å². The number of hydrogen-bond donors (Lipinski definition) is 1. The Bertz CT molecular complexity index is 1140. The van der Waals surface area contributed by atoms with Crippen LogP contribution in [0.4, 0.5) is 26.1 Å². The number of fused-ring (bicyclic) bond motifs is 1. The number of hydrogen-bond acceptors (Lipinski definition) is 7. The van der Waals surface area contributed by atoms with Crippen molar-refractivity contribution in [2.75, 3.05) is 35.2 Å². The molecule has 0 radical (unpaired) electrons. The van der Waals surface area contributed by atoms with Crippen molar-refractivity contribution in [2.24, 2.45) is 0 Å². The Morgan fingerprint density at radius 3 is 2.77 bits per heavy atom. The number of nitrogens with two attached hydrogens (primary N) is 1. The topological polar surface area (TPSA) is 88.2 Å². The van der Waals surface area contributed by atoms with Gasteiger partial charge in [0.05, 0.1) is 23.6 Å². The summed E-state index contributed by atoms with van der Waals surface area (Å²) in [6.45, 7) is 1.36. The summed E-state index contributed by atoms with van der Waals surface area (Å²) >= 11 is 1.24. The second kappa shape index (κ2) is 7.84. The number of benzene rings is 1. The first-order valence-electron chi connectivity index (χ1n) is 10.1. The average Bonchev–Trinajstić information content (AvgIpc) is 3.22. The minimum Gasteiger partial charge on any atom is -0.396 e. The van der Waals surface area contributed by atoms with Crippen LogP contribution in [0.1, 0.15) is 28.2 Å². The maximum atomic E-state index is 14.4. The van der Waals surface area contributed by atoms with E-state index in [4.69, 9.17) is 5.73 Å². The largest absolute Gasteiger partial charge is 0.396 e. The van der Waals surface area contributed by atoms with Crippen LogP contribution in [0.5, 0.6) is 0 Å². The number of amides is 1. The summed E-state index contributed by atoms with van der Waals surface area (Å²) < 4.78 is 28.1. The maximum Gasteiger partial charge on any atom is 0.270 e. The van der Waals surface area contributed by atoms with E-state index in [0.717, 1.165) is 13.0 Å². The lowest BCUT2D eigenvalue weighted by atomic mass is 10.1.